The molecule has 1 saturated heterocycles. The predicted octanol–water partition coefficient (Wildman–Crippen LogP) is -0.704. The highest BCUT2D eigenvalue weighted by Crippen LogP contribution is 2.07. The maximum absolute atomic E-state index is 8.96. The summed E-state index contributed by atoms with van der Waals surface area (Å²) in [5.74, 6) is 0. The van der Waals surface area contributed by atoms with E-state index in [1.165, 1.54) is 0 Å². The van der Waals surface area contributed by atoms with E-state index >= 15 is 0 Å². The number of rotatable bonds is 1. The molecular formula is C4H8N3O2+. The Morgan fingerprint density at radius 2 is 2.44 bits per heavy atom. The van der Waals surface area contributed by atoms with E-state index in [0.717, 1.165) is 0 Å². The van der Waals surface area contributed by atoms with Gasteiger partial charge in [-0.15, -0.1) is 0 Å². The van der Waals surface area contributed by atoms with Gasteiger partial charge in [0.2, 0.25) is 4.91 Å². The smallest absolute Gasteiger partial charge is 0.214 e. The fraction of sp³-hybridized carbons (Fsp3) is 1.00. The third-order valence-electron chi connectivity index (χ3n) is 1.23. The minimum absolute atomic E-state index is 0.309. The minimum atomic E-state index is -0.570. The molecule has 0 bridgehead atoms. The van der Waals surface area contributed by atoms with Crippen molar-refractivity contribution in [2.24, 2.45) is 5.11 Å². The Labute approximate surface area is 51.9 Å². The summed E-state index contributed by atoms with van der Waals surface area (Å²) >= 11 is 0. The largest absolute Gasteiger partial charge is 0.388 e. The highest BCUT2D eigenvalue weighted by molar-refractivity contribution is 4.78. The van der Waals surface area contributed by atoms with Gasteiger partial charge in [0.1, 0.15) is 16.7 Å². The standard InChI is InChI=1S/C4H8N3O2/c5-7-6-3-1-9-2-4(3)8/h3-5,8H,1-2H2/q+1/t3?,4-/m1/s1. The monoisotopic (exact) mass is 130 g/mol. The van der Waals surface area contributed by atoms with E-state index in [9.17, 15) is 0 Å². The molecule has 0 amide bonds. The van der Waals surface area contributed by atoms with Crippen molar-refractivity contribution in [3.05, 3.63) is 0 Å². The molecule has 0 spiro atoms. The van der Waals surface area contributed by atoms with Crippen LogP contribution >= 0.6 is 0 Å². The second kappa shape index (κ2) is 2.68. The van der Waals surface area contributed by atoms with Crippen molar-refractivity contribution in [2.45, 2.75) is 12.1 Å². The summed E-state index contributed by atoms with van der Waals surface area (Å²) in [7, 11) is 0. The van der Waals surface area contributed by atoms with Gasteiger partial charge in [-0.05, 0) is 0 Å². The summed E-state index contributed by atoms with van der Waals surface area (Å²) in [5.41, 5.74) is 6.35. The summed E-state index contributed by atoms with van der Waals surface area (Å²) in [6.45, 7) is 0.688. The number of aliphatic hydroxyl groups is 1. The van der Waals surface area contributed by atoms with Crippen LogP contribution in [0.25, 0.3) is 0 Å². The Morgan fingerprint density at radius 1 is 1.67 bits per heavy atom. The van der Waals surface area contributed by atoms with Crippen LogP contribution in [-0.2, 0) is 4.74 Å². The lowest BCUT2D eigenvalue weighted by atomic mass is 10.2. The van der Waals surface area contributed by atoms with Gasteiger partial charge in [0.15, 0.2) is 6.04 Å². The number of hydrogen-bond acceptors (Lipinski definition) is 4. The van der Waals surface area contributed by atoms with Crippen LogP contribution in [0.3, 0.4) is 0 Å². The molecule has 0 saturated carbocycles. The number of nitrogens with zero attached hydrogens (tertiary/aromatic N) is 2. The first kappa shape index (κ1) is 6.35. The average Bonchev–Trinajstić information content (AvgIpc) is 2.18. The molecule has 0 aliphatic carbocycles. The molecular weight excluding hydrogens is 122 g/mol. The topological polar surface area (TPSA) is 79.8 Å². The molecule has 2 N–H and O–H groups in total. The zero-order valence-corrected chi connectivity index (χ0v) is 4.82. The van der Waals surface area contributed by atoms with E-state index in [-0.39, 0.29) is 6.04 Å². The number of aliphatic hydroxyl groups excluding tert-OH is 1. The molecule has 1 unspecified atom stereocenters. The second-order valence-corrected chi connectivity index (χ2v) is 1.89. The molecule has 2 atom stereocenters. The predicted molar refractivity (Wildman–Crippen MR) is 27.9 cm³/mol. The van der Waals surface area contributed by atoms with Gasteiger partial charge in [-0.3, -0.25) is 0 Å². The molecule has 5 nitrogen and oxygen atoms in total. The third-order valence-corrected chi connectivity index (χ3v) is 1.23. The van der Waals surface area contributed by atoms with Gasteiger partial charge in [-0.25, -0.2) is 0 Å². The first-order valence-electron chi connectivity index (χ1n) is 2.67. The lowest BCUT2D eigenvalue weighted by Crippen LogP contribution is -2.21. The summed E-state index contributed by atoms with van der Waals surface area (Å²) in [4.78, 5) is 2.80. The van der Waals surface area contributed by atoms with Gasteiger partial charge in [0, 0.05) is 0 Å². The summed E-state index contributed by atoms with van der Waals surface area (Å²) < 4.78 is 4.83. The van der Waals surface area contributed by atoms with Gasteiger partial charge in [0.25, 0.3) is 0 Å². The molecule has 0 aromatic rings. The van der Waals surface area contributed by atoms with E-state index < -0.39 is 6.10 Å². The van der Waals surface area contributed by atoms with E-state index in [2.05, 4.69) is 10.0 Å². The fourth-order valence-corrected chi connectivity index (χ4v) is 0.716. The number of hydrogen-bond donors (Lipinski definition) is 2. The molecule has 9 heavy (non-hydrogen) atoms. The summed E-state index contributed by atoms with van der Waals surface area (Å²) in [5, 5.41) is 12.4. The Kier molecular flexibility index (Phi) is 1.89. The van der Waals surface area contributed by atoms with Crippen LogP contribution < -0.4 is 4.91 Å². The maximum Gasteiger partial charge on any atom is 0.214 e. The van der Waals surface area contributed by atoms with Crippen molar-refractivity contribution in [1.29, 1.82) is 5.53 Å². The first-order chi connectivity index (χ1) is 4.34. The van der Waals surface area contributed by atoms with Crippen molar-refractivity contribution in [3.8, 4) is 0 Å². The van der Waals surface area contributed by atoms with E-state index in [4.69, 9.17) is 15.4 Å². The Balaban J connectivity index is 2.49. The maximum atomic E-state index is 8.96. The quantitative estimate of drug-likeness (QED) is 0.363. The Bertz CT molecular complexity index is 143. The first-order valence-corrected chi connectivity index (χ1v) is 2.67. The number of nitrogens with one attached hydrogen (secondary N) is 1. The van der Waals surface area contributed by atoms with Gasteiger partial charge in [-0.2, -0.15) is 0 Å². The zero-order chi connectivity index (χ0) is 6.69. The summed E-state index contributed by atoms with van der Waals surface area (Å²) in [6, 6.07) is -0.317. The molecule has 0 aromatic carbocycles. The van der Waals surface area contributed by atoms with Crippen LogP contribution in [0.4, 0.5) is 0 Å². The van der Waals surface area contributed by atoms with Gasteiger partial charge in [-0.1, -0.05) is 0 Å². The van der Waals surface area contributed by atoms with Crippen molar-refractivity contribution in [3.63, 3.8) is 0 Å². The van der Waals surface area contributed by atoms with Crippen LogP contribution in [-0.4, -0.2) is 30.5 Å². The van der Waals surface area contributed by atoms with Crippen molar-refractivity contribution in [1.82, 2.24) is 4.91 Å². The molecule has 5 heteroatoms. The van der Waals surface area contributed by atoms with Gasteiger partial charge in [0.05, 0.1) is 13.2 Å². The van der Waals surface area contributed by atoms with E-state index in [0.29, 0.717) is 13.2 Å². The summed E-state index contributed by atoms with van der Waals surface area (Å²) in [6.07, 6.45) is -0.570. The van der Waals surface area contributed by atoms with Crippen LogP contribution in [0.1, 0.15) is 0 Å². The van der Waals surface area contributed by atoms with Crippen LogP contribution in [0.5, 0.6) is 0 Å². The van der Waals surface area contributed by atoms with Gasteiger partial charge < -0.3 is 9.84 Å². The number of ether oxygens (including phenoxy) is 1. The van der Waals surface area contributed by atoms with Crippen LogP contribution in [0, 0.1) is 5.53 Å². The highest BCUT2D eigenvalue weighted by atomic mass is 16.5. The van der Waals surface area contributed by atoms with E-state index in [1.54, 1.807) is 0 Å². The van der Waals surface area contributed by atoms with Crippen LogP contribution in [0.15, 0.2) is 5.11 Å². The minimum Gasteiger partial charge on any atom is -0.388 e. The Morgan fingerprint density at radius 3 is 2.89 bits per heavy atom. The molecule has 0 radical (unpaired) electrons. The van der Waals surface area contributed by atoms with Crippen molar-refractivity contribution >= 4 is 0 Å². The van der Waals surface area contributed by atoms with E-state index in [1.807, 2.05) is 0 Å². The SMILES string of the molecule is N=[N+]=NC1COC[C@H]1O. The molecule has 0 aromatic heterocycles. The van der Waals surface area contributed by atoms with Crippen molar-refractivity contribution < 1.29 is 9.84 Å². The third kappa shape index (κ3) is 1.32. The average molecular weight is 130 g/mol. The fourth-order valence-electron chi connectivity index (χ4n) is 0.716. The lowest BCUT2D eigenvalue weighted by molar-refractivity contribution is 0.124. The molecule has 1 heterocycles. The van der Waals surface area contributed by atoms with Gasteiger partial charge >= 0.3 is 0 Å². The highest BCUT2D eigenvalue weighted by Gasteiger charge is 2.29. The Hall–Kier alpha value is -0.770. The lowest BCUT2D eigenvalue weighted by Gasteiger charge is -1.95. The van der Waals surface area contributed by atoms with Crippen molar-refractivity contribution in [2.75, 3.05) is 13.2 Å². The normalized spacial score (nSPS) is 33.9. The molecule has 1 aliphatic rings. The zero-order valence-electron chi connectivity index (χ0n) is 4.82. The second-order valence-electron chi connectivity index (χ2n) is 1.89. The molecule has 1 aliphatic heterocycles. The molecule has 50 valence electrons. The molecule has 1 fully saturated rings. The molecule has 1 rings (SSSR count). The van der Waals surface area contributed by atoms with Crippen LogP contribution in [0.2, 0.25) is 0 Å².